The Kier molecular flexibility index (Phi) is 4.51. The Labute approximate surface area is 117 Å². The van der Waals surface area contributed by atoms with Crippen LogP contribution in [0, 0.1) is 5.41 Å². The SMILES string of the molecule is CCCc1ccc(OC2CCCC(C)(C)C2N)cc1. The largest absolute Gasteiger partial charge is 0.489 e. The molecule has 0 amide bonds. The molecule has 0 aliphatic heterocycles. The van der Waals surface area contributed by atoms with E-state index < -0.39 is 0 Å². The molecular weight excluding hydrogens is 234 g/mol. The number of rotatable bonds is 4. The van der Waals surface area contributed by atoms with Crippen LogP contribution in [-0.4, -0.2) is 12.1 Å². The highest BCUT2D eigenvalue weighted by Gasteiger charge is 2.37. The quantitative estimate of drug-likeness (QED) is 0.891. The summed E-state index contributed by atoms with van der Waals surface area (Å²) in [5.41, 5.74) is 7.92. The van der Waals surface area contributed by atoms with Gasteiger partial charge in [-0.25, -0.2) is 0 Å². The summed E-state index contributed by atoms with van der Waals surface area (Å²) >= 11 is 0. The lowest BCUT2D eigenvalue weighted by Crippen LogP contribution is -2.51. The zero-order valence-corrected chi connectivity index (χ0v) is 12.5. The molecule has 2 nitrogen and oxygen atoms in total. The third kappa shape index (κ3) is 3.50. The summed E-state index contributed by atoms with van der Waals surface area (Å²) in [7, 11) is 0. The summed E-state index contributed by atoms with van der Waals surface area (Å²) in [5, 5.41) is 0. The van der Waals surface area contributed by atoms with Crippen molar-refractivity contribution in [2.24, 2.45) is 11.1 Å². The summed E-state index contributed by atoms with van der Waals surface area (Å²) in [6, 6.07) is 8.62. The minimum atomic E-state index is 0.122. The number of hydrogen-bond donors (Lipinski definition) is 1. The molecule has 2 unspecified atom stereocenters. The van der Waals surface area contributed by atoms with E-state index in [1.165, 1.54) is 24.8 Å². The fourth-order valence-electron chi connectivity index (χ4n) is 2.94. The summed E-state index contributed by atoms with van der Waals surface area (Å²) in [4.78, 5) is 0. The first kappa shape index (κ1) is 14.4. The third-order valence-electron chi connectivity index (χ3n) is 4.36. The summed E-state index contributed by atoms with van der Waals surface area (Å²) in [6.45, 7) is 6.70. The first-order valence-electron chi connectivity index (χ1n) is 7.54. The van der Waals surface area contributed by atoms with E-state index in [2.05, 4.69) is 45.0 Å². The molecule has 19 heavy (non-hydrogen) atoms. The Balaban J connectivity index is 2.00. The number of hydrogen-bond acceptors (Lipinski definition) is 2. The van der Waals surface area contributed by atoms with E-state index in [0.29, 0.717) is 0 Å². The Morgan fingerprint density at radius 3 is 2.58 bits per heavy atom. The first-order valence-corrected chi connectivity index (χ1v) is 7.54. The van der Waals surface area contributed by atoms with Gasteiger partial charge in [0.25, 0.3) is 0 Å². The molecule has 1 aromatic carbocycles. The molecule has 0 bridgehead atoms. The molecule has 0 saturated heterocycles. The second kappa shape index (κ2) is 5.96. The van der Waals surface area contributed by atoms with Crippen molar-refractivity contribution in [1.29, 1.82) is 0 Å². The molecule has 1 saturated carbocycles. The molecule has 106 valence electrons. The van der Waals surface area contributed by atoms with Crippen LogP contribution < -0.4 is 10.5 Å². The molecule has 1 aliphatic rings. The molecule has 0 aromatic heterocycles. The lowest BCUT2D eigenvalue weighted by Gasteiger charge is -2.41. The van der Waals surface area contributed by atoms with Crippen LogP contribution in [0.2, 0.25) is 0 Å². The predicted molar refractivity (Wildman–Crippen MR) is 80.5 cm³/mol. The lowest BCUT2D eigenvalue weighted by molar-refractivity contribution is 0.0567. The zero-order valence-electron chi connectivity index (χ0n) is 12.5. The van der Waals surface area contributed by atoms with E-state index in [9.17, 15) is 0 Å². The fraction of sp³-hybridized carbons (Fsp3) is 0.647. The van der Waals surface area contributed by atoms with Gasteiger partial charge in [0, 0.05) is 6.04 Å². The number of aryl methyl sites for hydroxylation is 1. The van der Waals surface area contributed by atoms with Crippen molar-refractivity contribution in [1.82, 2.24) is 0 Å². The molecular formula is C17H27NO. The van der Waals surface area contributed by atoms with Crippen LogP contribution in [0.5, 0.6) is 5.75 Å². The van der Waals surface area contributed by atoms with E-state index in [1.54, 1.807) is 0 Å². The topological polar surface area (TPSA) is 35.2 Å². The monoisotopic (exact) mass is 261 g/mol. The average molecular weight is 261 g/mol. The van der Waals surface area contributed by atoms with Crippen LogP contribution >= 0.6 is 0 Å². The molecule has 1 fully saturated rings. The van der Waals surface area contributed by atoms with Crippen molar-refractivity contribution in [3.8, 4) is 5.75 Å². The van der Waals surface area contributed by atoms with Crippen LogP contribution in [-0.2, 0) is 6.42 Å². The van der Waals surface area contributed by atoms with Gasteiger partial charge >= 0.3 is 0 Å². The Morgan fingerprint density at radius 2 is 1.95 bits per heavy atom. The van der Waals surface area contributed by atoms with Gasteiger partial charge in [-0.2, -0.15) is 0 Å². The average Bonchev–Trinajstić information content (AvgIpc) is 2.38. The van der Waals surface area contributed by atoms with E-state index in [1.807, 2.05) is 0 Å². The van der Waals surface area contributed by atoms with Crippen molar-refractivity contribution in [3.05, 3.63) is 29.8 Å². The minimum Gasteiger partial charge on any atom is -0.489 e. The molecule has 0 radical (unpaired) electrons. The van der Waals surface area contributed by atoms with Crippen LogP contribution in [0.25, 0.3) is 0 Å². The highest BCUT2D eigenvalue weighted by atomic mass is 16.5. The molecule has 0 heterocycles. The van der Waals surface area contributed by atoms with Gasteiger partial charge < -0.3 is 10.5 Å². The summed E-state index contributed by atoms with van der Waals surface area (Å²) in [5.74, 6) is 0.956. The molecule has 2 atom stereocenters. The highest BCUT2D eigenvalue weighted by molar-refractivity contribution is 5.27. The van der Waals surface area contributed by atoms with Crippen molar-refractivity contribution in [2.75, 3.05) is 0 Å². The van der Waals surface area contributed by atoms with Gasteiger partial charge in [0.15, 0.2) is 0 Å². The van der Waals surface area contributed by atoms with Gasteiger partial charge in [0.2, 0.25) is 0 Å². The molecule has 1 aliphatic carbocycles. The first-order chi connectivity index (χ1) is 9.03. The van der Waals surface area contributed by atoms with Crippen molar-refractivity contribution in [2.45, 2.75) is 65.0 Å². The van der Waals surface area contributed by atoms with E-state index >= 15 is 0 Å². The Morgan fingerprint density at radius 1 is 1.26 bits per heavy atom. The molecule has 1 aromatic rings. The van der Waals surface area contributed by atoms with Crippen LogP contribution in [0.3, 0.4) is 0 Å². The van der Waals surface area contributed by atoms with E-state index in [0.717, 1.165) is 18.6 Å². The second-order valence-electron chi connectivity index (χ2n) is 6.46. The zero-order chi connectivity index (χ0) is 13.9. The summed E-state index contributed by atoms with van der Waals surface area (Å²) < 4.78 is 6.11. The van der Waals surface area contributed by atoms with Crippen LogP contribution in [0.1, 0.15) is 52.0 Å². The van der Waals surface area contributed by atoms with Gasteiger partial charge in [-0.05, 0) is 48.8 Å². The van der Waals surface area contributed by atoms with Gasteiger partial charge in [-0.15, -0.1) is 0 Å². The maximum absolute atomic E-state index is 6.36. The van der Waals surface area contributed by atoms with Crippen LogP contribution in [0.15, 0.2) is 24.3 Å². The van der Waals surface area contributed by atoms with Gasteiger partial charge in [-0.3, -0.25) is 0 Å². The Bertz CT molecular complexity index is 396. The maximum atomic E-state index is 6.36. The van der Waals surface area contributed by atoms with Gasteiger partial charge in [0.1, 0.15) is 11.9 Å². The van der Waals surface area contributed by atoms with E-state index in [-0.39, 0.29) is 17.6 Å². The molecule has 2 rings (SSSR count). The minimum absolute atomic E-state index is 0.122. The molecule has 2 N–H and O–H groups in total. The van der Waals surface area contributed by atoms with Gasteiger partial charge in [0.05, 0.1) is 0 Å². The third-order valence-corrected chi connectivity index (χ3v) is 4.36. The normalized spacial score (nSPS) is 26.1. The predicted octanol–water partition coefficient (Wildman–Crippen LogP) is 3.92. The number of nitrogens with two attached hydrogens (primary N) is 1. The van der Waals surface area contributed by atoms with Crippen molar-refractivity contribution >= 4 is 0 Å². The van der Waals surface area contributed by atoms with E-state index in [4.69, 9.17) is 10.5 Å². The standard InChI is InChI=1S/C17H27NO/c1-4-6-13-8-10-14(11-9-13)19-15-7-5-12-17(2,3)16(15)18/h8-11,15-16H,4-7,12,18H2,1-3H3. The van der Waals surface area contributed by atoms with Crippen molar-refractivity contribution in [3.63, 3.8) is 0 Å². The highest BCUT2D eigenvalue weighted by Crippen LogP contribution is 2.36. The maximum Gasteiger partial charge on any atom is 0.119 e. The smallest absolute Gasteiger partial charge is 0.119 e. The van der Waals surface area contributed by atoms with Crippen molar-refractivity contribution < 1.29 is 4.74 Å². The second-order valence-corrected chi connectivity index (χ2v) is 6.46. The number of ether oxygens (including phenoxy) is 1. The fourth-order valence-corrected chi connectivity index (χ4v) is 2.94. The lowest BCUT2D eigenvalue weighted by atomic mass is 9.72. The number of benzene rings is 1. The van der Waals surface area contributed by atoms with Crippen LogP contribution in [0.4, 0.5) is 0 Å². The molecule has 0 spiro atoms. The summed E-state index contributed by atoms with van der Waals surface area (Å²) in [6.07, 6.45) is 5.95. The Hall–Kier alpha value is -1.02. The van der Waals surface area contributed by atoms with Gasteiger partial charge in [-0.1, -0.05) is 39.3 Å². The molecule has 2 heteroatoms.